The van der Waals surface area contributed by atoms with Crippen LogP contribution in [-0.4, -0.2) is 41.1 Å². The Hall–Kier alpha value is -3.77. The van der Waals surface area contributed by atoms with Gasteiger partial charge in [0.05, 0.1) is 12.8 Å². The maximum atomic E-state index is 10.4. The maximum absolute atomic E-state index is 10.4. The number of methoxy groups -OCH3 is 2. The van der Waals surface area contributed by atoms with E-state index in [9.17, 15) is 5.11 Å². The van der Waals surface area contributed by atoms with Crippen molar-refractivity contribution in [3.8, 4) is 16.9 Å². The number of ether oxygens (including phenoxy) is 2. The lowest BCUT2D eigenvalue weighted by atomic mass is 9.92. The van der Waals surface area contributed by atoms with Gasteiger partial charge in [0, 0.05) is 42.8 Å². The number of rotatable bonds is 4. The zero-order chi connectivity index (χ0) is 28.0. The molecule has 1 aliphatic heterocycles. The summed E-state index contributed by atoms with van der Waals surface area (Å²) in [5, 5.41) is 19.8. The molecule has 202 valence electrons. The van der Waals surface area contributed by atoms with Gasteiger partial charge in [-0.3, -0.25) is 4.79 Å². The second-order valence-electron chi connectivity index (χ2n) is 8.95. The van der Waals surface area contributed by atoms with Gasteiger partial charge in [-0.2, -0.15) is 0 Å². The molecule has 0 radical (unpaired) electrons. The molecule has 0 saturated heterocycles. The van der Waals surface area contributed by atoms with Gasteiger partial charge in [0.15, 0.2) is 0 Å². The van der Waals surface area contributed by atoms with Crippen molar-refractivity contribution in [1.29, 1.82) is 0 Å². The summed E-state index contributed by atoms with van der Waals surface area (Å²) in [5.41, 5.74) is 8.83. The van der Waals surface area contributed by atoms with Crippen LogP contribution in [0, 0.1) is 6.92 Å². The molecule has 38 heavy (non-hydrogen) atoms. The van der Waals surface area contributed by atoms with Gasteiger partial charge in [0.1, 0.15) is 17.6 Å². The molecule has 0 amide bonds. The van der Waals surface area contributed by atoms with E-state index in [1.165, 1.54) is 39.2 Å². The fraction of sp³-hybridized carbons (Fsp3) is 0.344. The van der Waals surface area contributed by atoms with Crippen LogP contribution in [0.1, 0.15) is 51.1 Å². The highest BCUT2D eigenvalue weighted by Gasteiger charge is 2.29. The minimum Gasteiger partial charge on any atom is -0.507 e. The Morgan fingerprint density at radius 1 is 1.11 bits per heavy atom. The maximum Gasteiger partial charge on any atom is 0.300 e. The number of phenols is 1. The summed E-state index contributed by atoms with van der Waals surface area (Å²) in [7, 11) is 3.42. The summed E-state index contributed by atoms with van der Waals surface area (Å²) >= 11 is 0. The molecular formula is C32H39NO5. The van der Waals surface area contributed by atoms with Crippen molar-refractivity contribution < 1.29 is 24.5 Å². The summed E-state index contributed by atoms with van der Waals surface area (Å²) in [5.74, 6) is 0.304. The largest absolute Gasteiger partial charge is 0.507 e. The van der Waals surface area contributed by atoms with Crippen molar-refractivity contribution in [1.82, 2.24) is 4.57 Å². The third-order valence-corrected chi connectivity index (χ3v) is 6.85. The number of aromatic hydroxyl groups is 1. The molecule has 3 aromatic rings. The van der Waals surface area contributed by atoms with E-state index in [-0.39, 0.29) is 6.10 Å². The minimum absolute atomic E-state index is 0.180. The zero-order valence-corrected chi connectivity index (χ0v) is 23.5. The highest BCUT2D eigenvalue weighted by Crippen LogP contribution is 2.44. The van der Waals surface area contributed by atoms with E-state index in [0.29, 0.717) is 5.75 Å². The molecule has 0 saturated carbocycles. The molecule has 1 aromatic heterocycles. The molecule has 2 aliphatic rings. The van der Waals surface area contributed by atoms with Gasteiger partial charge in [-0.25, -0.2) is 0 Å². The van der Waals surface area contributed by atoms with Crippen LogP contribution in [0.25, 0.3) is 27.5 Å². The van der Waals surface area contributed by atoms with E-state index in [0.717, 1.165) is 42.8 Å². The Balaban J connectivity index is 0.000000612. The summed E-state index contributed by atoms with van der Waals surface area (Å²) in [6.45, 7) is 10.5. The Kier molecular flexibility index (Phi) is 9.59. The highest BCUT2D eigenvalue weighted by molar-refractivity contribution is 6.02. The molecule has 1 aliphatic carbocycles. The van der Waals surface area contributed by atoms with E-state index in [2.05, 4.69) is 48.8 Å². The number of carboxylic acid groups (broad SMARTS) is 1. The van der Waals surface area contributed by atoms with Gasteiger partial charge < -0.3 is 24.3 Å². The number of aliphatic carboxylic acids is 1. The summed E-state index contributed by atoms with van der Waals surface area (Å²) in [6.07, 6.45) is 8.16. The average molecular weight is 518 g/mol. The Bertz CT molecular complexity index is 1400. The lowest BCUT2D eigenvalue weighted by molar-refractivity contribution is -0.134. The zero-order valence-electron chi connectivity index (χ0n) is 23.5. The number of carboxylic acids is 1. The molecule has 1 atom stereocenters. The summed E-state index contributed by atoms with van der Waals surface area (Å²) in [6, 6.07) is 12.0. The number of hydrogen-bond acceptors (Lipinski definition) is 4. The van der Waals surface area contributed by atoms with E-state index in [4.69, 9.17) is 19.4 Å². The second kappa shape index (κ2) is 12.7. The van der Waals surface area contributed by atoms with E-state index >= 15 is 0 Å². The molecular weight excluding hydrogens is 478 g/mol. The molecule has 0 bridgehead atoms. The molecule has 6 nitrogen and oxygen atoms in total. The van der Waals surface area contributed by atoms with Crippen LogP contribution in [0.15, 0.2) is 66.0 Å². The lowest BCUT2D eigenvalue weighted by Gasteiger charge is -2.22. The number of nitrogens with zero attached hydrogens (tertiary/aromatic N) is 1. The number of allylic oxidation sites excluding steroid dienone is 4. The fourth-order valence-electron chi connectivity index (χ4n) is 5.37. The molecule has 1 unspecified atom stereocenters. The van der Waals surface area contributed by atoms with Crippen molar-refractivity contribution in [3.05, 3.63) is 82.9 Å². The monoisotopic (exact) mass is 517 g/mol. The molecule has 2 heterocycles. The number of benzene rings is 2. The quantitative estimate of drug-likeness (QED) is 0.380. The molecule has 2 N–H and O–H groups in total. The number of aromatic nitrogens is 1. The number of carbonyl (C=O) groups is 1. The standard InChI is InChI=1S/C28H29NO3.C2H4O2.C2H6/c1-5-23-27(21-11-12-24(30)20-9-7-6-8-19(20)21)17(2)28-22-16-26(32-4)25(31-3)13-10-18(22)14-15-29(23)28;1-2(3)4;1-2/h6-13,16,25,30H,5,14-15H2,1-4H3;1H3,(H,3,4);1-2H3. The van der Waals surface area contributed by atoms with Crippen LogP contribution in [0.3, 0.4) is 0 Å². The molecule has 2 aromatic carbocycles. The normalized spacial score (nSPS) is 15.8. The first-order valence-corrected chi connectivity index (χ1v) is 13.1. The number of fused-ring (bicyclic) bond motifs is 3. The second-order valence-corrected chi connectivity index (χ2v) is 8.95. The third kappa shape index (κ3) is 5.41. The van der Waals surface area contributed by atoms with Crippen LogP contribution >= 0.6 is 0 Å². The number of hydrogen-bond donors (Lipinski definition) is 2. The van der Waals surface area contributed by atoms with Gasteiger partial charge in [-0.05, 0) is 66.1 Å². The predicted molar refractivity (Wildman–Crippen MR) is 154 cm³/mol. The molecule has 0 fully saturated rings. The SMILES string of the molecule is CC.CC(=O)O.CCc1c(-c2ccc(O)c3ccccc23)c(C)c2n1CCC1=C2C=C(OC)C(OC)C=C1. The smallest absolute Gasteiger partial charge is 0.300 e. The average Bonchev–Trinajstić information content (AvgIpc) is 3.08. The van der Waals surface area contributed by atoms with Gasteiger partial charge in [0.25, 0.3) is 5.97 Å². The van der Waals surface area contributed by atoms with Gasteiger partial charge >= 0.3 is 0 Å². The molecule has 5 rings (SSSR count). The fourth-order valence-corrected chi connectivity index (χ4v) is 5.37. The topological polar surface area (TPSA) is 80.9 Å². The lowest BCUT2D eigenvalue weighted by Crippen LogP contribution is -2.13. The van der Waals surface area contributed by atoms with Crippen molar-refractivity contribution in [2.24, 2.45) is 0 Å². The van der Waals surface area contributed by atoms with Gasteiger partial charge in [-0.15, -0.1) is 0 Å². The molecule has 6 heteroatoms. The van der Waals surface area contributed by atoms with E-state index in [1.807, 2.05) is 38.1 Å². The van der Waals surface area contributed by atoms with Crippen LogP contribution in [-0.2, 0) is 27.2 Å². The first-order chi connectivity index (χ1) is 18.3. The van der Waals surface area contributed by atoms with E-state index < -0.39 is 5.97 Å². The molecule has 0 spiro atoms. The predicted octanol–water partition coefficient (Wildman–Crippen LogP) is 7.27. The first-order valence-electron chi connectivity index (χ1n) is 13.1. The van der Waals surface area contributed by atoms with Crippen molar-refractivity contribution >= 4 is 22.3 Å². The first kappa shape index (κ1) is 28.8. The van der Waals surface area contributed by atoms with Gasteiger partial charge in [-0.1, -0.05) is 51.1 Å². The van der Waals surface area contributed by atoms with E-state index in [1.54, 1.807) is 14.2 Å². The Morgan fingerprint density at radius 2 is 1.76 bits per heavy atom. The minimum atomic E-state index is -0.833. The van der Waals surface area contributed by atoms with Gasteiger partial charge in [0.2, 0.25) is 0 Å². The third-order valence-electron chi connectivity index (χ3n) is 6.85. The highest BCUT2D eigenvalue weighted by atomic mass is 16.5. The Labute approximate surface area is 225 Å². The van der Waals surface area contributed by atoms with Crippen LogP contribution in [0.5, 0.6) is 5.75 Å². The Morgan fingerprint density at radius 3 is 2.37 bits per heavy atom. The van der Waals surface area contributed by atoms with Crippen LogP contribution in [0.2, 0.25) is 0 Å². The summed E-state index contributed by atoms with van der Waals surface area (Å²) in [4.78, 5) is 9.00. The number of phenolic OH excluding ortho intramolecular Hbond substituents is 1. The van der Waals surface area contributed by atoms with Crippen molar-refractivity contribution in [2.45, 2.75) is 60.1 Å². The van der Waals surface area contributed by atoms with Crippen LogP contribution in [0.4, 0.5) is 0 Å². The van der Waals surface area contributed by atoms with Crippen LogP contribution < -0.4 is 0 Å². The van der Waals surface area contributed by atoms with Crippen molar-refractivity contribution in [2.75, 3.05) is 14.2 Å². The summed E-state index contributed by atoms with van der Waals surface area (Å²) < 4.78 is 13.8. The van der Waals surface area contributed by atoms with Crippen molar-refractivity contribution in [3.63, 3.8) is 0 Å².